The Hall–Kier alpha value is -3.27. The van der Waals surface area contributed by atoms with Gasteiger partial charge in [-0.2, -0.15) is 0 Å². The number of hydrogen-bond acceptors (Lipinski definition) is 7. The van der Waals surface area contributed by atoms with Crippen LogP contribution >= 0.6 is 35.0 Å². The first kappa shape index (κ1) is 25.8. The van der Waals surface area contributed by atoms with Gasteiger partial charge < -0.3 is 9.47 Å². The van der Waals surface area contributed by atoms with Gasteiger partial charge in [0.1, 0.15) is 17.7 Å². The van der Waals surface area contributed by atoms with Gasteiger partial charge in [-0.05, 0) is 66.6 Å². The average Bonchev–Trinajstić information content (AvgIpc) is 3.23. The van der Waals surface area contributed by atoms with Crippen LogP contribution in [0.2, 0.25) is 10.0 Å². The monoisotopic (exact) mass is 544 g/mol. The number of nitro groups is 1. The first-order chi connectivity index (χ1) is 17.3. The Bertz CT molecular complexity index is 1350. The first-order valence-electron chi connectivity index (χ1n) is 10.9. The highest BCUT2D eigenvalue weighted by molar-refractivity contribution is 7.99. The molecule has 1 atom stereocenters. The zero-order valence-corrected chi connectivity index (χ0v) is 21.8. The zero-order valence-electron chi connectivity index (χ0n) is 19.4. The van der Waals surface area contributed by atoms with Gasteiger partial charge in [0.25, 0.3) is 0 Å². The number of halogens is 2. The molecule has 0 bridgehead atoms. The van der Waals surface area contributed by atoms with Crippen LogP contribution in [0.3, 0.4) is 0 Å². The smallest absolute Gasteiger partial charge is 0.220 e. The summed E-state index contributed by atoms with van der Waals surface area (Å²) < 4.78 is 13.3. The van der Waals surface area contributed by atoms with E-state index in [1.807, 2.05) is 35.8 Å². The predicted octanol–water partition coefficient (Wildman–Crippen LogP) is 6.58. The molecule has 4 aromatic rings. The zero-order chi connectivity index (χ0) is 25.7. The SMILES string of the molecule is COc1cc([C@H](C[N+](=O)[O-])Sc2nnc(C)n2-c2ccc(Cl)cc2)ccc1OCc1ccc(Cl)cc1. The molecular weight excluding hydrogens is 523 g/mol. The molecule has 0 amide bonds. The van der Waals surface area contributed by atoms with Gasteiger partial charge in [-0.15, -0.1) is 10.2 Å². The molecule has 0 N–H and O–H groups in total. The van der Waals surface area contributed by atoms with E-state index in [1.165, 1.54) is 18.9 Å². The highest BCUT2D eigenvalue weighted by Gasteiger charge is 2.25. The molecule has 1 aromatic heterocycles. The van der Waals surface area contributed by atoms with Crippen molar-refractivity contribution in [3.63, 3.8) is 0 Å². The summed E-state index contributed by atoms with van der Waals surface area (Å²) in [7, 11) is 1.53. The maximum Gasteiger partial charge on any atom is 0.220 e. The van der Waals surface area contributed by atoms with Crippen LogP contribution in [0.1, 0.15) is 22.2 Å². The first-order valence-corrected chi connectivity index (χ1v) is 12.5. The molecule has 1 heterocycles. The molecule has 36 heavy (non-hydrogen) atoms. The number of rotatable bonds is 10. The van der Waals surface area contributed by atoms with Crippen LogP contribution in [-0.4, -0.2) is 33.3 Å². The van der Waals surface area contributed by atoms with Crippen LogP contribution in [0.5, 0.6) is 11.5 Å². The number of aromatic nitrogens is 3. The highest BCUT2D eigenvalue weighted by Crippen LogP contribution is 2.39. The Morgan fingerprint density at radius 1 is 1.00 bits per heavy atom. The molecule has 4 rings (SSSR count). The van der Waals surface area contributed by atoms with Gasteiger partial charge in [0.05, 0.1) is 7.11 Å². The fourth-order valence-corrected chi connectivity index (χ4v) is 4.94. The molecule has 0 aliphatic rings. The van der Waals surface area contributed by atoms with Gasteiger partial charge in [-0.25, -0.2) is 0 Å². The lowest BCUT2D eigenvalue weighted by molar-refractivity contribution is -0.479. The maximum atomic E-state index is 11.5. The van der Waals surface area contributed by atoms with Crippen molar-refractivity contribution in [3.05, 3.63) is 104 Å². The van der Waals surface area contributed by atoms with Crippen molar-refractivity contribution >= 4 is 35.0 Å². The summed E-state index contributed by atoms with van der Waals surface area (Å²) in [5.74, 6) is 1.66. The summed E-state index contributed by atoms with van der Waals surface area (Å²) in [6.45, 7) is 1.83. The van der Waals surface area contributed by atoms with E-state index in [0.717, 1.165) is 11.3 Å². The van der Waals surface area contributed by atoms with Crippen molar-refractivity contribution < 1.29 is 14.4 Å². The fraction of sp³-hybridized carbons (Fsp3) is 0.200. The predicted molar refractivity (Wildman–Crippen MR) is 140 cm³/mol. The van der Waals surface area contributed by atoms with Gasteiger partial charge in [0.15, 0.2) is 16.7 Å². The average molecular weight is 545 g/mol. The standard InChI is InChI=1S/C25H22Cl2N4O4S/c1-16-28-29-25(31(16)21-10-8-20(27)9-11-21)36-24(14-30(32)33)18-5-12-22(23(13-18)34-2)35-15-17-3-6-19(26)7-4-17/h3-13,24H,14-15H2,1-2H3/t24-/m0/s1. The second kappa shape index (κ2) is 11.6. The minimum atomic E-state index is -0.547. The maximum absolute atomic E-state index is 11.5. The molecule has 186 valence electrons. The second-order valence-corrected chi connectivity index (χ2v) is 9.83. The molecule has 0 aliphatic heterocycles. The minimum Gasteiger partial charge on any atom is -0.493 e. The van der Waals surface area contributed by atoms with Crippen molar-refractivity contribution in [3.8, 4) is 17.2 Å². The largest absolute Gasteiger partial charge is 0.493 e. The van der Waals surface area contributed by atoms with E-state index in [-0.39, 0.29) is 11.5 Å². The Morgan fingerprint density at radius 3 is 2.31 bits per heavy atom. The summed E-state index contributed by atoms with van der Waals surface area (Å²) in [6.07, 6.45) is 0. The number of methoxy groups -OCH3 is 1. The van der Waals surface area contributed by atoms with Gasteiger partial charge in [0, 0.05) is 20.7 Å². The Kier molecular flexibility index (Phi) is 8.35. The molecule has 8 nitrogen and oxygen atoms in total. The van der Waals surface area contributed by atoms with Crippen LogP contribution in [0.15, 0.2) is 71.9 Å². The van der Waals surface area contributed by atoms with Crippen LogP contribution in [0, 0.1) is 17.0 Å². The molecule has 0 unspecified atom stereocenters. The summed E-state index contributed by atoms with van der Waals surface area (Å²) >= 11 is 13.2. The van der Waals surface area contributed by atoms with E-state index in [0.29, 0.717) is 44.7 Å². The van der Waals surface area contributed by atoms with Crippen LogP contribution in [-0.2, 0) is 6.61 Å². The van der Waals surface area contributed by atoms with Crippen molar-refractivity contribution in [1.82, 2.24) is 14.8 Å². The fourth-order valence-electron chi connectivity index (χ4n) is 3.53. The third-order valence-corrected chi connectivity index (χ3v) is 6.99. The molecular formula is C25H22Cl2N4O4S. The molecule has 0 radical (unpaired) electrons. The summed E-state index contributed by atoms with van der Waals surface area (Å²) in [6, 6.07) is 19.9. The van der Waals surface area contributed by atoms with E-state index >= 15 is 0 Å². The number of aryl methyl sites for hydroxylation is 1. The third kappa shape index (κ3) is 6.29. The number of ether oxygens (including phenoxy) is 2. The van der Waals surface area contributed by atoms with E-state index in [2.05, 4.69) is 10.2 Å². The second-order valence-electron chi connectivity index (χ2n) is 7.79. The highest BCUT2D eigenvalue weighted by atomic mass is 35.5. The molecule has 11 heteroatoms. The molecule has 0 fully saturated rings. The van der Waals surface area contributed by atoms with Crippen LogP contribution in [0.4, 0.5) is 0 Å². The van der Waals surface area contributed by atoms with E-state index in [4.69, 9.17) is 32.7 Å². The van der Waals surface area contributed by atoms with Crippen molar-refractivity contribution in [2.75, 3.05) is 13.7 Å². The van der Waals surface area contributed by atoms with Gasteiger partial charge in [0.2, 0.25) is 6.54 Å². The molecule has 0 aliphatic carbocycles. The summed E-state index contributed by atoms with van der Waals surface area (Å²) in [5, 5.41) is 21.2. The van der Waals surface area contributed by atoms with Crippen LogP contribution < -0.4 is 9.47 Å². The number of nitrogens with zero attached hydrogens (tertiary/aromatic N) is 4. The molecule has 0 saturated carbocycles. The topological polar surface area (TPSA) is 92.3 Å². The van der Waals surface area contributed by atoms with E-state index < -0.39 is 5.25 Å². The molecule has 0 saturated heterocycles. The lowest BCUT2D eigenvalue weighted by Crippen LogP contribution is -2.11. The van der Waals surface area contributed by atoms with Crippen molar-refractivity contribution in [2.45, 2.75) is 23.9 Å². The summed E-state index contributed by atoms with van der Waals surface area (Å²) in [5.41, 5.74) is 2.47. The quantitative estimate of drug-likeness (QED) is 0.126. The van der Waals surface area contributed by atoms with Gasteiger partial charge in [-0.3, -0.25) is 14.7 Å². The lowest BCUT2D eigenvalue weighted by Gasteiger charge is -2.17. The van der Waals surface area contributed by atoms with Gasteiger partial charge in [-0.1, -0.05) is 53.2 Å². The Balaban J connectivity index is 1.59. The van der Waals surface area contributed by atoms with E-state index in [9.17, 15) is 10.1 Å². The normalized spacial score (nSPS) is 11.8. The number of benzene rings is 3. The third-order valence-electron chi connectivity index (χ3n) is 5.31. The minimum absolute atomic E-state index is 0.314. The Labute approximate surface area is 222 Å². The number of hydrogen-bond donors (Lipinski definition) is 0. The Morgan fingerprint density at radius 2 is 1.67 bits per heavy atom. The summed E-state index contributed by atoms with van der Waals surface area (Å²) in [4.78, 5) is 11.2. The van der Waals surface area contributed by atoms with Crippen LogP contribution in [0.25, 0.3) is 5.69 Å². The van der Waals surface area contributed by atoms with Crippen molar-refractivity contribution in [1.29, 1.82) is 0 Å². The molecule has 3 aromatic carbocycles. The van der Waals surface area contributed by atoms with Crippen molar-refractivity contribution in [2.24, 2.45) is 0 Å². The lowest BCUT2D eigenvalue weighted by atomic mass is 10.1. The van der Waals surface area contributed by atoms with Gasteiger partial charge >= 0.3 is 0 Å². The number of thioether (sulfide) groups is 1. The molecule has 0 spiro atoms. The van der Waals surface area contributed by atoms with E-state index in [1.54, 1.807) is 42.5 Å².